The summed E-state index contributed by atoms with van der Waals surface area (Å²) in [5.41, 5.74) is 4.15. The van der Waals surface area contributed by atoms with Gasteiger partial charge in [-0.25, -0.2) is 4.98 Å². The molecule has 29 heavy (non-hydrogen) atoms. The third-order valence-electron chi connectivity index (χ3n) is 4.75. The molecule has 0 saturated carbocycles. The Hall–Kier alpha value is -4.19. The quantitative estimate of drug-likeness (QED) is 0.303. The molecule has 0 amide bonds. The molecule has 0 aliphatic rings. The zero-order valence-electron chi connectivity index (χ0n) is 15.2. The molecule has 3 aromatic carbocycles. The molecule has 0 atom stereocenters. The SMILES string of the molecule is O=[N+]([O-])c1cccc(-c2cc(-c3nc4ccccc4[nH]3)c(-c3ccccc3)o2)c1. The molecule has 0 saturated heterocycles. The highest BCUT2D eigenvalue weighted by molar-refractivity contribution is 5.86. The first-order valence-corrected chi connectivity index (χ1v) is 9.08. The van der Waals surface area contributed by atoms with Gasteiger partial charge in [-0.3, -0.25) is 10.1 Å². The van der Waals surface area contributed by atoms with E-state index in [1.165, 1.54) is 12.1 Å². The summed E-state index contributed by atoms with van der Waals surface area (Å²) < 4.78 is 6.19. The molecule has 5 rings (SSSR count). The van der Waals surface area contributed by atoms with Crippen molar-refractivity contribution in [1.29, 1.82) is 0 Å². The summed E-state index contributed by atoms with van der Waals surface area (Å²) >= 11 is 0. The van der Waals surface area contributed by atoms with Crippen LogP contribution in [0.2, 0.25) is 0 Å². The van der Waals surface area contributed by atoms with Crippen LogP contribution in [0.3, 0.4) is 0 Å². The summed E-state index contributed by atoms with van der Waals surface area (Å²) in [5.74, 6) is 1.89. The van der Waals surface area contributed by atoms with Crippen LogP contribution in [-0.4, -0.2) is 14.9 Å². The lowest BCUT2D eigenvalue weighted by molar-refractivity contribution is -0.384. The van der Waals surface area contributed by atoms with Crippen LogP contribution in [0.25, 0.3) is 45.1 Å². The monoisotopic (exact) mass is 381 g/mol. The number of nitrogens with one attached hydrogen (secondary N) is 1. The molecule has 140 valence electrons. The molecule has 6 nitrogen and oxygen atoms in total. The van der Waals surface area contributed by atoms with Crippen molar-refractivity contribution in [1.82, 2.24) is 9.97 Å². The number of nitrogens with zero attached hydrogens (tertiary/aromatic N) is 2. The molecule has 6 heteroatoms. The molecule has 0 bridgehead atoms. The van der Waals surface area contributed by atoms with Crippen molar-refractivity contribution >= 4 is 16.7 Å². The lowest BCUT2D eigenvalue weighted by Crippen LogP contribution is -1.87. The number of imidazole rings is 1. The Balaban J connectivity index is 1.71. The number of furan rings is 1. The minimum Gasteiger partial charge on any atom is -0.455 e. The molecule has 0 aliphatic carbocycles. The second kappa shape index (κ2) is 6.76. The number of hydrogen-bond donors (Lipinski definition) is 1. The van der Waals surface area contributed by atoms with Gasteiger partial charge < -0.3 is 9.40 Å². The fourth-order valence-electron chi connectivity index (χ4n) is 3.37. The third kappa shape index (κ3) is 3.06. The number of aromatic amines is 1. The number of nitro groups is 1. The van der Waals surface area contributed by atoms with Crippen molar-refractivity contribution in [3.05, 3.63) is 95.0 Å². The van der Waals surface area contributed by atoms with Crippen LogP contribution in [-0.2, 0) is 0 Å². The van der Waals surface area contributed by atoms with Gasteiger partial charge >= 0.3 is 0 Å². The van der Waals surface area contributed by atoms with E-state index < -0.39 is 4.92 Å². The summed E-state index contributed by atoms with van der Waals surface area (Å²) in [4.78, 5) is 18.8. The first-order chi connectivity index (χ1) is 14.2. The zero-order valence-corrected chi connectivity index (χ0v) is 15.2. The van der Waals surface area contributed by atoms with Gasteiger partial charge in [-0.15, -0.1) is 0 Å². The van der Waals surface area contributed by atoms with Gasteiger partial charge in [0.15, 0.2) is 0 Å². The van der Waals surface area contributed by atoms with Crippen LogP contribution in [0.4, 0.5) is 5.69 Å². The molecule has 0 spiro atoms. The van der Waals surface area contributed by atoms with Gasteiger partial charge in [0, 0.05) is 23.3 Å². The highest BCUT2D eigenvalue weighted by Gasteiger charge is 2.19. The Labute approximate surface area is 165 Å². The van der Waals surface area contributed by atoms with Crippen molar-refractivity contribution in [2.75, 3.05) is 0 Å². The smallest absolute Gasteiger partial charge is 0.270 e. The molecule has 1 N–H and O–H groups in total. The van der Waals surface area contributed by atoms with E-state index in [2.05, 4.69) is 4.98 Å². The van der Waals surface area contributed by atoms with E-state index in [1.54, 1.807) is 12.1 Å². The Morgan fingerprint density at radius 3 is 2.41 bits per heavy atom. The van der Waals surface area contributed by atoms with E-state index in [4.69, 9.17) is 9.40 Å². The summed E-state index contributed by atoms with van der Waals surface area (Å²) in [5, 5.41) is 11.2. The summed E-state index contributed by atoms with van der Waals surface area (Å²) in [6, 6.07) is 25.8. The second-order valence-corrected chi connectivity index (χ2v) is 6.63. The first kappa shape index (κ1) is 16.9. The number of aromatic nitrogens is 2. The van der Waals surface area contributed by atoms with Gasteiger partial charge in [-0.05, 0) is 18.2 Å². The van der Waals surface area contributed by atoms with Crippen molar-refractivity contribution < 1.29 is 9.34 Å². The minimum absolute atomic E-state index is 0.0189. The molecule has 2 aromatic heterocycles. The average molecular weight is 381 g/mol. The van der Waals surface area contributed by atoms with Crippen molar-refractivity contribution in [2.24, 2.45) is 0 Å². The van der Waals surface area contributed by atoms with E-state index in [-0.39, 0.29) is 5.69 Å². The van der Waals surface area contributed by atoms with E-state index in [0.717, 1.165) is 22.2 Å². The third-order valence-corrected chi connectivity index (χ3v) is 4.75. The van der Waals surface area contributed by atoms with Gasteiger partial charge in [0.05, 0.1) is 21.5 Å². The van der Waals surface area contributed by atoms with Crippen molar-refractivity contribution in [3.63, 3.8) is 0 Å². The minimum atomic E-state index is -0.412. The highest BCUT2D eigenvalue weighted by Crippen LogP contribution is 2.38. The average Bonchev–Trinajstić information content (AvgIpc) is 3.39. The van der Waals surface area contributed by atoms with Gasteiger partial charge in [0.2, 0.25) is 0 Å². The Morgan fingerprint density at radius 2 is 1.62 bits per heavy atom. The lowest BCUT2D eigenvalue weighted by Gasteiger charge is -2.00. The molecule has 0 fully saturated rings. The maximum absolute atomic E-state index is 11.2. The standard InChI is InChI=1S/C23H15N3O3/c27-26(28)17-10-6-9-16(13-17)21-14-18(22(29-21)15-7-2-1-3-8-15)23-24-19-11-4-5-12-20(19)25-23/h1-14H,(H,24,25). The summed E-state index contributed by atoms with van der Waals surface area (Å²) in [6.07, 6.45) is 0. The Kier molecular flexibility index (Phi) is 3.95. The fourth-order valence-corrected chi connectivity index (χ4v) is 3.37. The van der Waals surface area contributed by atoms with Crippen LogP contribution in [0.1, 0.15) is 0 Å². The maximum atomic E-state index is 11.2. The number of nitro benzene ring substituents is 1. The van der Waals surface area contributed by atoms with Gasteiger partial charge in [0.25, 0.3) is 5.69 Å². The first-order valence-electron chi connectivity index (χ1n) is 9.08. The van der Waals surface area contributed by atoms with Crippen molar-refractivity contribution in [2.45, 2.75) is 0 Å². The Bertz CT molecular complexity index is 1300. The molecule has 5 aromatic rings. The molecule has 0 radical (unpaired) electrons. The van der Waals surface area contributed by atoms with Crippen LogP contribution >= 0.6 is 0 Å². The fraction of sp³-hybridized carbons (Fsp3) is 0. The normalized spacial score (nSPS) is 11.0. The van der Waals surface area contributed by atoms with E-state index in [9.17, 15) is 10.1 Å². The second-order valence-electron chi connectivity index (χ2n) is 6.63. The van der Waals surface area contributed by atoms with Crippen LogP contribution in [0.15, 0.2) is 89.3 Å². The van der Waals surface area contributed by atoms with Crippen LogP contribution in [0, 0.1) is 10.1 Å². The number of rotatable bonds is 4. The number of H-pyrrole nitrogens is 1. The summed E-state index contributed by atoms with van der Waals surface area (Å²) in [7, 11) is 0. The lowest BCUT2D eigenvalue weighted by atomic mass is 10.1. The molecular formula is C23H15N3O3. The Morgan fingerprint density at radius 1 is 0.862 bits per heavy atom. The van der Waals surface area contributed by atoms with Crippen LogP contribution in [0.5, 0.6) is 0 Å². The molecule has 0 aliphatic heterocycles. The molecule has 0 unspecified atom stereocenters. The summed E-state index contributed by atoms with van der Waals surface area (Å²) in [6.45, 7) is 0. The predicted octanol–water partition coefficient (Wildman–Crippen LogP) is 6.07. The molecule has 2 heterocycles. The van der Waals surface area contributed by atoms with Crippen molar-refractivity contribution in [3.8, 4) is 34.0 Å². The van der Waals surface area contributed by atoms with E-state index in [1.807, 2.05) is 60.7 Å². The highest BCUT2D eigenvalue weighted by atomic mass is 16.6. The largest absolute Gasteiger partial charge is 0.455 e. The predicted molar refractivity (Wildman–Crippen MR) is 111 cm³/mol. The van der Waals surface area contributed by atoms with Crippen LogP contribution < -0.4 is 0 Å². The zero-order chi connectivity index (χ0) is 19.8. The molecular weight excluding hydrogens is 366 g/mol. The number of fused-ring (bicyclic) bond motifs is 1. The number of non-ortho nitro benzene ring substituents is 1. The maximum Gasteiger partial charge on any atom is 0.270 e. The topological polar surface area (TPSA) is 85.0 Å². The number of benzene rings is 3. The van der Waals surface area contributed by atoms with E-state index >= 15 is 0 Å². The van der Waals surface area contributed by atoms with Gasteiger partial charge in [0.1, 0.15) is 17.3 Å². The number of para-hydroxylation sites is 2. The van der Waals surface area contributed by atoms with Gasteiger partial charge in [-0.1, -0.05) is 54.6 Å². The van der Waals surface area contributed by atoms with Gasteiger partial charge in [-0.2, -0.15) is 0 Å². The number of hydrogen-bond acceptors (Lipinski definition) is 4. The van der Waals surface area contributed by atoms with E-state index in [0.29, 0.717) is 22.9 Å².